The van der Waals surface area contributed by atoms with Gasteiger partial charge in [-0.05, 0) is 53.6 Å². The summed E-state index contributed by atoms with van der Waals surface area (Å²) >= 11 is 0. The number of fused-ring (bicyclic) bond motifs is 3. The van der Waals surface area contributed by atoms with E-state index >= 15 is 0 Å². The second-order valence-electron chi connectivity index (χ2n) is 7.41. The van der Waals surface area contributed by atoms with E-state index in [1.165, 1.54) is 5.57 Å². The van der Waals surface area contributed by atoms with E-state index in [0.29, 0.717) is 0 Å². The van der Waals surface area contributed by atoms with Crippen LogP contribution >= 0.6 is 0 Å². The average molecular weight is 293 g/mol. The molecule has 0 amide bonds. The van der Waals surface area contributed by atoms with Crippen LogP contribution in [0.25, 0.3) is 0 Å². The summed E-state index contributed by atoms with van der Waals surface area (Å²) in [5.41, 5.74) is 1.34. The molecule has 0 aromatic heterocycles. The van der Waals surface area contributed by atoms with E-state index in [0.717, 1.165) is 32.2 Å². The van der Waals surface area contributed by atoms with E-state index in [1.54, 1.807) is 0 Å². The number of carbonyl (C=O) groups excluding carboxylic acids is 1. The van der Waals surface area contributed by atoms with E-state index in [2.05, 4.69) is 24.8 Å². The Bertz CT molecular complexity index is 459. The van der Waals surface area contributed by atoms with Crippen LogP contribution in [0.15, 0.2) is 11.6 Å². The molecule has 0 radical (unpaired) electrons. The van der Waals surface area contributed by atoms with Gasteiger partial charge in [0.05, 0.1) is 11.5 Å². The predicted octanol–water partition coefficient (Wildman–Crippen LogP) is 2.38. The van der Waals surface area contributed by atoms with E-state index in [9.17, 15) is 4.79 Å². The number of ether oxygens (including phenoxy) is 2. The molecule has 21 heavy (non-hydrogen) atoms. The zero-order valence-electron chi connectivity index (χ0n) is 13.6. The lowest BCUT2D eigenvalue weighted by Crippen LogP contribution is -2.34. The highest BCUT2D eigenvalue weighted by atomic mass is 16.6. The average Bonchev–Trinajstić information content (AvgIpc) is 2.97. The summed E-state index contributed by atoms with van der Waals surface area (Å²) in [6, 6.07) is 0. The molecule has 0 spiro atoms. The number of allylic oxidation sites excluding steroid dienone is 2. The summed E-state index contributed by atoms with van der Waals surface area (Å²) in [6.45, 7) is 5.13. The quantitative estimate of drug-likeness (QED) is 0.445. The zero-order valence-corrected chi connectivity index (χ0v) is 13.6. The minimum absolute atomic E-state index is 0.00863. The molecule has 118 valence electrons. The molecule has 0 saturated carbocycles. The van der Waals surface area contributed by atoms with Gasteiger partial charge in [0.25, 0.3) is 0 Å². The van der Waals surface area contributed by atoms with Crippen LogP contribution in [0.4, 0.5) is 0 Å². The second-order valence-corrected chi connectivity index (χ2v) is 7.41. The smallest absolute Gasteiger partial charge is 0.311 e. The summed E-state index contributed by atoms with van der Waals surface area (Å²) in [5, 5.41) is 0. The van der Waals surface area contributed by atoms with Crippen molar-refractivity contribution in [2.75, 3.05) is 20.6 Å². The van der Waals surface area contributed by atoms with Crippen molar-refractivity contribution >= 4 is 5.97 Å². The Kier molecular flexibility index (Phi) is 3.87. The van der Waals surface area contributed by atoms with E-state index in [1.807, 2.05) is 14.1 Å². The molecule has 3 rings (SSSR count). The lowest BCUT2D eigenvalue weighted by atomic mass is 9.80. The van der Waals surface area contributed by atoms with E-state index in [4.69, 9.17) is 9.47 Å². The third-order valence-corrected chi connectivity index (χ3v) is 5.30. The van der Waals surface area contributed by atoms with Gasteiger partial charge < -0.3 is 14.4 Å². The van der Waals surface area contributed by atoms with Gasteiger partial charge in [-0.3, -0.25) is 4.79 Å². The van der Waals surface area contributed by atoms with Crippen molar-refractivity contribution in [1.29, 1.82) is 0 Å². The lowest BCUT2D eigenvalue weighted by molar-refractivity contribution is -0.145. The summed E-state index contributed by atoms with van der Waals surface area (Å²) in [6.07, 6.45) is 6.56. The maximum Gasteiger partial charge on any atom is 0.311 e. The summed E-state index contributed by atoms with van der Waals surface area (Å²) < 4.78 is 11.7. The first-order valence-corrected chi connectivity index (χ1v) is 8.09. The van der Waals surface area contributed by atoms with Crippen LogP contribution in [0.1, 0.15) is 39.5 Å². The van der Waals surface area contributed by atoms with Gasteiger partial charge in [0, 0.05) is 12.5 Å². The van der Waals surface area contributed by atoms with Crippen LogP contribution in [0.2, 0.25) is 0 Å². The van der Waals surface area contributed by atoms with Gasteiger partial charge in [0.2, 0.25) is 0 Å². The minimum Gasteiger partial charge on any atom is -0.459 e. The van der Waals surface area contributed by atoms with Crippen LogP contribution < -0.4 is 0 Å². The first-order chi connectivity index (χ1) is 9.90. The largest absolute Gasteiger partial charge is 0.459 e. The van der Waals surface area contributed by atoms with Gasteiger partial charge >= 0.3 is 5.97 Å². The first kappa shape index (κ1) is 15.0. The fourth-order valence-electron chi connectivity index (χ4n) is 3.94. The van der Waals surface area contributed by atoms with Crippen molar-refractivity contribution < 1.29 is 14.3 Å². The van der Waals surface area contributed by atoms with Crippen LogP contribution in [-0.4, -0.2) is 49.3 Å². The molecule has 5 atom stereocenters. The molecule has 0 aromatic carbocycles. The highest BCUT2D eigenvalue weighted by Gasteiger charge is 2.62. The molecule has 2 heterocycles. The third-order valence-electron chi connectivity index (χ3n) is 5.30. The molecule has 2 aliphatic heterocycles. The number of epoxide rings is 1. The van der Waals surface area contributed by atoms with Gasteiger partial charge in [-0.1, -0.05) is 11.6 Å². The summed E-state index contributed by atoms with van der Waals surface area (Å²) in [5.74, 6) is 0.247. The molecule has 0 unspecified atom stereocenters. The van der Waals surface area contributed by atoms with Gasteiger partial charge in [0.1, 0.15) is 12.2 Å². The van der Waals surface area contributed by atoms with Gasteiger partial charge in [0.15, 0.2) is 0 Å². The molecule has 2 fully saturated rings. The molecular formula is C17H27NO3. The molecule has 0 bridgehead atoms. The third kappa shape index (κ3) is 2.88. The van der Waals surface area contributed by atoms with Gasteiger partial charge in [-0.2, -0.15) is 0 Å². The van der Waals surface area contributed by atoms with Crippen LogP contribution in [0.5, 0.6) is 0 Å². The normalized spacial score (nSPS) is 45.4. The second kappa shape index (κ2) is 5.40. The Morgan fingerprint density at radius 2 is 2.19 bits per heavy atom. The summed E-state index contributed by atoms with van der Waals surface area (Å²) in [4.78, 5) is 14.4. The molecule has 0 aromatic rings. The molecule has 4 heteroatoms. The lowest BCUT2D eigenvalue weighted by Gasteiger charge is -2.23. The maximum absolute atomic E-state index is 12.3. The number of esters is 1. The Hall–Kier alpha value is -0.870. The topological polar surface area (TPSA) is 42.1 Å². The molecule has 1 aliphatic carbocycles. The van der Waals surface area contributed by atoms with E-state index < -0.39 is 0 Å². The van der Waals surface area contributed by atoms with Crippen LogP contribution in [-0.2, 0) is 14.3 Å². The molecular weight excluding hydrogens is 266 g/mol. The monoisotopic (exact) mass is 293 g/mol. The Balaban J connectivity index is 1.83. The van der Waals surface area contributed by atoms with Gasteiger partial charge in [-0.25, -0.2) is 0 Å². The minimum atomic E-state index is -0.0929. The number of hydrogen-bond acceptors (Lipinski definition) is 4. The van der Waals surface area contributed by atoms with Crippen molar-refractivity contribution in [1.82, 2.24) is 4.90 Å². The van der Waals surface area contributed by atoms with E-state index in [-0.39, 0.29) is 35.6 Å². The Labute approximate surface area is 127 Å². The van der Waals surface area contributed by atoms with Gasteiger partial charge in [-0.15, -0.1) is 0 Å². The summed E-state index contributed by atoms with van der Waals surface area (Å²) in [7, 11) is 4.04. The highest BCUT2D eigenvalue weighted by molar-refractivity contribution is 5.75. The number of nitrogens with zero attached hydrogens (tertiary/aromatic N) is 1. The molecule has 2 saturated heterocycles. The fourth-order valence-corrected chi connectivity index (χ4v) is 3.94. The highest BCUT2D eigenvalue weighted by Crippen LogP contribution is 2.50. The molecule has 0 N–H and O–H groups in total. The van der Waals surface area contributed by atoms with Crippen molar-refractivity contribution in [3.05, 3.63) is 11.6 Å². The maximum atomic E-state index is 12.3. The SMILES string of the molecule is C/C1=C\CC[C@@]2(C)O[C@@H]2[C@H]2OC(=O)[C@@H](CN(C)C)[C@@H]2CC1. The van der Waals surface area contributed by atoms with Crippen molar-refractivity contribution in [3.8, 4) is 0 Å². The molecule has 3 aliphatic rings. The van der Waals surface area contributed by atoms with Crippen molar-refractivity contribution in [3.63, 3.8) is 0 Å². The van der Waals surface area contributed by atoms with Crippen molar-refractivity contribution in [2.45, 2.75) is 57.3 Å². The molecule has 4 nitrogen and oxygen atoms in total. The predicted molar refractivity (Wildman–Crippen MR) is 80.9 cm³/mol. The number of carbonyl (C=O) groups is 1. The standard InChI is InChI=1S/C17H27NO3/c1-11-6-5-9-17(2)15(21-17)14-12(8-7-11)13(10-18(3)4)16(19)20-14/h6,12-15H,5,7-10H2,1-4H3/b11-6+/t12-,13-,14-,15+,17+/m0/s1. The Morgan fingerprint density at radius 3 is 2.90 bits per heavy atom. The number of hydrogen-bond donors (Lipinski definition) is 0. The zero-order chi connectivity index (χ0) is 15.2. The van der Waals surface area contributed by atoms with Crippen molar-refractivity contribution in [2.24, 2.45) is 11.8 Å². The Morgan fingerprint density at radius 1 is 1.43 bits per heavy atom. The van der Waals surface area contributed by atoms with Crippen LogP contribution in [0.3, 0.4) is 0 Å². The fraction of sp³-hybridized carbons (Fsp3) is 0.824. The first-order valence-electron chi connectivity index (χ1n) is 8.09. The van der Waals surface area contributed by atoms with Crippen LogP contribution in [0, 0.1) is 11.8 Å². The number of rotatable bonds is 2.